The molecule has 0 saturated carbocycles. The number of hydrogen-bond acceptors (Lipinski definition) is 12. The van der Waals surface area contributed by atoms with Crippen LogP contribution in [0.2, 0.25) is 53.9 Å². The van der Waals surface area contributed by atoms with Crippen molar-refractivity contribution in [1.29, 1.82) is 0 Å². The van der Waals surface area contributed by atoms with Gasteiger partial charge in [-0.15, -0.1) is 17.9 Å². The summed E-state index contributed by atoms with van der Waals surface area (Å²) in [4.78, 5) is 24.1. The van der Waals surface area contributed by atoms with Crippen LogP contribution < -0.4 is 18.6 Å². The second-order valence-electron chi connectivity index (χ2n) is 18.9. The fraction of sp³-hybridized carbons (Fsp3) is 0.533. The van der Waals surface area contributed by atoms with E-state index in [2.05, 4.69) is 86.0 Å². The summed E-state index contributed by atoms with van der Waals surface area (Å²) in [6, 6.07) is 6.66. The number of carbonyl (C=O) groups excluding carboxylic acids is 1. The van der Waals surface area contributed by atoms with Crippen molar-refractivity contribution in [3.63, 3.8) is 0 Å². The summed E-state index contributed by atoms with van der Waals surface area (Å²) in [7, 11) is -3.57. The average molecular weight is 1020 g/mol. The van der Waals surface area contributed by atoms with E-state index in [4.69, 9.17) is 56.0 Å². The van der Waals surface area contributed by atoms with Gasteiger partial charge in [0.1, 0.15) is 34.4 Å². The number of aliphatic hydroxyl groups excluding tert-OH is 1. The fourth-order valence-corrected chi connectivity index (χ4v) is 9.99. The summed E-state index contributed by atoms with van der Waals surface area (Å²) < 4.78 is 44.0. The maximum atomic E-state index is 14.3. The lowest BCUT2D eigenvalue weighted by atomic mass is 9.95. The second kappa shape index (κ2) is 21.5. The molecule has 342 valence electrons. The van der Waals surface area contributed by atoms with Crippen LogP contribution in [0.15, 0.2) is 41.0 Å². The highest BCUT2D eigenvalue weighted by Crippen LogP contribution is 2.52. The van der Waals surface area contributed by atoms with E-state index in [9.17, 15) is 9.90 Å². The normalized spacial score (nSPS) is 13.5. The van der Waals surface area contributed by atoms with Gasteiger partial charge in [0.15, 0.2) is 12.5 Å². The van der Waals surface area contributed by atoms with Gasteiger partial charge in [0, 0.05) is 32.2 Å². The largest absolute Gasteiger partial charge is 0.543 e. The molecule has 0 bridgehead atoms. The molecule has 1 N–H and O–H groups in total. The van der Waals surface area contributed by atoms with Gasteiger partial charge in [-0.25, -0.2) is 14.8 Å². The number of fused-ring (bicyclic) bond motifs is 1. The van der Waals surface area contributed by atoms with E-state index in [1.807, 2.05) is 52.8 Å². The molecule has 0 aliphatic rings. The third-order valence-corrected chi connectivity index (χ3v) is 19.1. The van der Waals surface area contributed by atoms with Crippen LogP contribution in [-0.2, 0) is 25.4 Å². The molecule has 4 aromatic rings. The number of ether oxygens (including phenoxy) is 6. The number of benzene rings is 2. The molecule has 2 atom stereocenters. The van der Waals surface area contributed by atoms with Crippen molar-refractivity contribution in [3.05, 3.63) is 67.7 Å². The molecule has 0 aliphatic heterocycles. The van der Waals surface area contributed by atoms with Gasteiger partial charge in [-0.2, -0.15) is 0 Å². The quantitative estimate of drug-likeness (QED) is 0.0282. The van der Waals surface area contributed by atoms with Gasteiger partial charge in [-0.3, -0.25) is 0 Å². The van der Waals surface area contributed by atoms with Crippen molar-refractivity contribution in [1.82, 2.24) is 9.97 Å². The van der Waals surface area contributed by atoms with Crippen molar-refractivity contribution in [2.75, 3.05) is 33.2 Å². The van der Waals surface area contributed by atoms with E-state index in [1.165, 1.54) is 17.7 Å². The van der Waals surface area contributed by atoms with E-state index in [0.29, 0.717) is 66.5 Å². The zero-order chi connectivity index (χ0) is 46.4. The van der Waals surface area contributed by atoms with Crippen molar-refractivity contribution in [2.45, 2.75) is 123 Å². The molecular weight excluding hydrogens is 952 g/mol. The first kappa shape index (κ1) is 51.9. The number of carbonyl (C=O) groups is 1. The maximum Gasteiger partial charge on any atom is 0.348 e. The minimum absolute atomic E-state index is 0.0358. The number of rotatable bonds is 21. The van der Waals surface area contributed by atoms with E-state index < -0.39 is 40.2 Å². The zero-order valence-electron chi connectivity index (χ0n) is 38.3. The second-order valence-corrected chi connectivity index (χ2v) is 32.3. The minimum atomic E-state index is -2.25. The molecule has 2 heterocycles. The first-order valence-corrected chi connectivity index (χ1v) is 29.6. The molecule has 62 heavy (non-hydrogen) atoms. The summed E-state index contributed by atoms with van der Waals surface area (Å²) in [6.07, 6.45) is 1.14. The van der Waals surface area contributed by atoms with E-state index >= 15 is 0 Å². The molecule has 2 aromatic carbocycles. The lowest BCUT2D eigenvalue weighted by molar-refractivity contribution is -0.163. The molecule has 0 saturated heterocycles. The van der Waals surface area contributed by atoms with Gasteiger partial charge in [0.05, 0.1) is 39.0 Å². The smallest absolute Gasteiger partial charge is 0.348 e. The topological polar surface area (TPSA) is 128 Å². The number of aromatic nitrogens is 2. The van der Waals surface area contributed by atoms with Crippen LogP contribution in [0.1, 0.15) is 58.2 Å². The summed E-state index contributed by atoms with van der Waals surface area (Å²) >= 11 is 19.2. The third-order valence-electron chi connectivity index (χ3n) is 10.3. The highest BCUT2D eigenvalue weighted by Gasteiger charge is 2.39. The van der Waals surface area contributed by atoms with Gasteiger partial charge < -0.3 is 38.0 Å². The average Bonchev–Trinajstić information content (AvgIpc) is 3.49. The van der Waals surface area contributed by atoms with Crippen LogP contribution in [0.25, 0.3) is 21.3 Å². The molecule has 0 radical (unpaired) electrons. The molecule has 0 fully saturated rings. The predicted molar refractivity (Wildman–Crippen MR) is 260 cm³/mol. The van der Waals surface area contributed by atoms with E-state index in [0.717, 1.165) is 6.04 Å². The van der Waals surface area contributed by atoms with Crippen LogP contribution in [0.4, 0.5) is 0 Å². The molecular formula is C45H63BrCl2N2O9SSi2. The fourth-order valence-electron chi connectivity index (χ4n) is 5.97. The van der Waals surface area contributed by atoms with Crippen LogP contribution in [0.5, 0.6) is 23.1 Å². The first-order chi connectivity index (χ1) is 28.8. The molecule has 0 amide bonds. The van der Waals surface area contributed by atoms with Gasteiger partial charge >= 0.3 is 5.97 Å². The van der Waals surface area contributed by atoms with Crippen molar-refractivity contribution >= 4 is 83.0 Å². The standard InChI is InChI=1S/C45H63BrCl2N2O9SSi2/c1-15-18-53-24-31(23-51)56-39-37(47)27(2)34(28(3)38(39)48)35-36-41(49-25-50-42(36)60-40(35)46)57-33(43(52)58-44(4,5)6)22-29-21-30(59-62(13,14)45(7,8)9)16-17-32(29)55-26-54-19-20-61(10,11)12/h15-17,21,25,31,33,51H,1,18-20,22-24,26H2,2-14H3/t31-,33?/m0/s1. The third kappa shape index (κ3) is 13.6. The molecule has 1 unspecified atom stereocenters. The number of hydrogen-bond donors (Lipinski definition) is 1. The van der Waals surface area contributed by atoms with Crippen LogP contribution in [0, 0.1) is 13.8 Å². The van der Waals surface area contributed by atoms with Gasteiger partial charge in [-0.1, -0.05) is 69.7 Å². The Balaban J connectivity index is 1.84. The molecule has 2 aromatic heterocycles. The number of halogens is 3. The predicted octanol–water partition coefficient (Wildman–Crippen LogP) is 12.4. The zero-order valence-corrected chi connectivity index (χ0v) is 44.3. The highest BCUT2D eigenvalue weighted by molar-refractivity contribution is 9.11. The lowest BCUT2D eigenvalue weighted by Gasteiger charge is -2.36. The number of thiophene rings is 1. The highest BCUT2D eigenvalue weighted by atomic mass is 79.9. The van der Waals surface area contributed by atoms with Gasteiger partial charge in [0.25, 0.3) is 0 Å². The van der Waals surface area contributed by atoms with Crippen LogP contribution in [-0.4, -0.2) is 88.5 Å². The van der Waals surface area contributed by atoms with E-state index in [-0.39, 0.29) is 53.1 Å². The summed E-state index contributed by atoms with van der Waals surface area (Å²) in [5, 5.41) is 11.0. The Hall–Kier alpha value is -2.74. The molecule has 4 rings (SSSR count). The molecule has 17 heteroatoms. The van der Waals surface area contributed by atoms with Crippen LogP contribution in [0.3, 0.4) is 0 Å². The Morgan fingerprint density at radius 3 is 2.23 bits per heavy atom. The van der Waals surface area contributed by atoms with Gasteiger partial charge in [-0.05, 0) is 110 Å². The summed E-state index contributed by atoms with van der Waals surface area (Å²) in [5.41, 5.74) is 2.51. The SMILES string of the molecule is C=CCOC[C@H](CO)Oc1c(Cl)c(C)c(-c2c(Br)sc3ncnc(OC(Cc4cc(O[Si](C)(C)C(C)(C)C)ccc4OCOCC[Si](C)(C)C)C(=O)OC(C)(C)C)c23)c(C)c1Cl. The Morgan fingerprint density at radius 2 is 1.65 bits per heavy atom. The van der Waals surface area contributed by atoms with Crippen molar-refractivity contribution in [2.24, 2.45) is 0 Å². The first-order valence-electron chi connectivity index (χ1n) is 20.6. The lowest BCUT2D eigenvalue weighted by Crippen LogP contribution is -2.43. The van der Waals surface area contributed by atoms with E-state index in [1.54, 1.807) is 6.08 Å². The molecule has 11 nitrogen and oxygen atoms in total. The Bertz CT molecular complexity index is 2170. The Labute approximate surface area is 392 Å². The number of esters is 1. The van der Waals surface area contributed by atoms with Gasteiger partial charge in [0.2, 0.25) is 20.3 Å². The Morgan fingerprint density at radius 1 is 0.984 bits per heavy atom. The number of nitrogens with zero attached hydrogens (tertiary/aromatic N) is 2. The Kier molecular flexibility index (Phi) is 18.0. The number of aliphatic hydroxyl groups is 1. The summed E-state index contributed by atoms with van der Waals surface area (Å²) in [6.45, 7) is 31.3. The minimum Gasteiger partial charge on any atom is -0.543 e. The van der Waals surface area contributed by atoms with Crippen molar-refractivity contribution < 1.29 is 42.7 Å². The summed E-state index contributed by atoms with van der Waals surface area (Å²) in [5.74, 6) is 0.971. The molecule has 0 spiro atoms. The van der Waals surface area contributed by atoms with Crippen LogP contribution >= 0.6 is 50.5 Å². The maximum absolute atomic E-state index is 14.3. The van der Waals surface area contributed by atoms with Crippen molar-refractivity contribution in [3.8, 4) is 34.3 Å². The molecule has 0 aliphatic carbocycles. The monoisotopic (exact) mass is 1010 g/mol.